The van der Waals surface area contributed by atoms with Gasteiger partial charge in [-0.1, -0.05) is 66.2 Å². The Bertz CT molecular complexity index is 842. The highest BCUT2D eigenvalue weighted by Gasteiger charge is 2.14. The summed E-state index contributed by atoms with van der Waals surface area (Å²) in [6.07, 6.45) is -0.785. The molecule has 3 nitrogen and oxygen atoms in total. The van der Waals surface area contributed by atoms with Crippen molar-refractivity contribution in [2.75, 3.05) is 6.54 Å². The first kappa shape index (κ1) is 15.5. The average Bonchev–Trinajstić information content (AvgIpc) is 2.59. The van der Waals surface area contributed by atoms with Gasteiger partial charge < -0.3 is 10.4 Å². The van der Waals surface area contributed by atoms with Gasteiger partial charge in [0.15, 0.2) is 0 Å². The van der Waals surface area contributed by atoms with Gasteiger partial charge in [-0.3, -0.25) is 4.79 Å². The fraction of sp³-hybridized carbons (Fsp3) is 0.105. The summed E-state index contributed by atoms with van der Waals surface area (Å²) < 4.78 is 0. The molecule has 2 N–H and O–H groups in total. The summed E-state index contributed by atoms with van der Waals surface area (Å²) in [5.41, 5.74) is 1.20. The van der Waals surface area contributed by atoms with Gasteiger partial charge in [0, 0.05) is 6.54 Å². The van der Waals surface area contributed by atoms with Crippen LogP contribution in [0.5, 0.6) is 0 Å². The maximum absolute atomic E-state index is 12.2. The van der Waals surface area contributed by atoms with Gasteiger partial charge in [0.05, 0.1) is 16.7 Å². The molecule has 23 heavy (non-hydrogen) atoms. The Balaban J connectivity index is 1.75. The molecule has 0 bridgehead atoms. The van der Waals surface area contributed by atoms with Crippen LogP contribution in [0, 0.1) is 0 Å². The van der Waals surface area contributed by atoms with Crippen LogP contribution in [0.1, 0.15) is 22.0 Å². The van der Waals surface area contributed by atoms with E-state index in [0.29, 0.717) is 10.6 Å². The van der Waals surface area contributed by atoms with Crippen molar-refractivity contribution in [3.05, 3.63) is 82.9 Å². The molecule has 0 heterocycles. The SMILES string of the molecule is O=C(NC[C@@H](O)c1cccc2ccccc12)c1ccccc1Cl. The van der Waals surface area contributed by atoms with E-state index in [2.05, 4.69) is 5.32 Å². The number of aliphatic hydroxyl groups excluding tert-OH is 1. The number of hydrogen-bond acceptors (Lipinski definition) is 2. The topological polar surface area (TPSA) is 49.3 Å². The predicted octanol–water partition coefficient (Wildman–Crippen LogP) is 3.96. The highest BCUT2D eigenvalue weighted by molar-refractivity contribution is 6.33. The second kappa shape index (κ2) is 6.82. The van der Waals surface area contributed by atoms with E-state index in [9.17, 15) is 9.90 Å². The molecular weight excluding hydrogens is 310 g/mol. The van der Waals surface area contributed by atoms with Gasteiger partial charge in [0.2, 0.25) is 0 Å². The lowest BCUT2D eigenvalue weighted by Gasteiger charge is -2.15. The Morgan fingerprint density at radius 1 is 1.00 bits per heavy atom. The summed E-state index contributed by atoms with van der Waals surface area (Å²) in [5, 5.41) is 15.6. The molecule has 0 aliphatic carbocycles. The van der Waals surface area contributed by atoms with Crippen molar-refractivity contribution >= 4 is 28.3 Å². The lowest BCUT2D eigenvalue weighted by Crippen LogP contribution is -2.28. The number of carbonyl (C=O) groups is 1. The highest BCUT2D eigenvalue weighted by atomic mass is 35.5. The molecule has 1 atom stereocenters. The third kappa shape index (κ3) is 3.36. The first-order valence-electron chi connectivity index (χ1n) is 7.35. The molecule has 0 saturated carbocycles. The largest absolute Gasteiger partial charge is 0.387 e. The summed E-state index contributed by atoms with van der Waals surface area (Å²) in [6, 6.07) is 20.4. The Hall–Kier alpha value is -2.36. The number of fused-ring (bicyclic) bond motifs is 1. The number of halogens is 1. The van der Waals surface area contributed by atoms with Gasteiger partial charge in [-0.05, 0) is 28.5 Å². The van der Waals surface area contributed by atoms with Crippen LogP contribution in [0.25, 0.3) is 10.8 Å². The lowest BCUT2D eigenvalue weighted by atomic mass is 10.0. The minimum absolute atomic E-state index is 0.123. The van der Waals surface area contributed by atoms with Crippen LogP contribution in [0.2, 0.25) is 5.02 Å². The van der Waals surface area contributed by atoms with Crippen LogP contribution < -0.4 is 5.32 Å². The molecule has 3 aromatic carbocycles. The molecule has 1 amide bonds. The molecular formula is C19H16ClNO2. The smallest absolute Gasteiger partial charge is 0.252 e. The van der Waals surface area contributed by atoms with Crippen molar-refractivity contribution in [2.24, 2.45) is 0 Å². The maximum Gasteiger partial charge on any atom is 0.252 e. The van der Waals surface area contributed by atoms with E-state index in [0.717, 1.165) is 16.3 Å². The number of benzene rings is 3. The average molecular weight is 326 g/mol. The van der Waals surface area contributed by atoms with Crippen molar-refractivity contribution in [3.8, 4) is 0 Å². The normalized spacial score (nSPS) is 12.1. The van der Waals surface area contributed by atoms with Crippen LogP contribution in [0.3, 0.4) is 0 Å². The van der Waals surface area contributed by atoms with Gasteiger partial charge in [-0.2, -0.15) is 0 Å². The minimum atomic E-state index is -0.785. The van der Waals surface area contributed by atoms with E-state index in [1.165, 1.54) is 0 Å². The Morgan fingerprint density at radius 3 is 2.52 bits per heavy atom. The zero-order valence-electron chi connectivity index (χ0n) is 12.4. The van der Waals surface area contributed by atoms with Crippen molar-refractivity contribution in [3.63, 3.8) is 0 Å². The first-order chi connectivity index (χ1) is 11.2. The van der Waals surface area contributed by atoms with E-state index in [4.69, 9.17) is 11.6 Å². The van der Waals surface area contributed by atoms with Crippen LogP contribution in [-0.4, -0.2) is 17.6 Å². The fourth-order valence-electron chi connectivity index (χ4n) is 2.58. The molecule has 4 heteroatoms. The van der Waals surface area contributed by atoms with Gasteiger partial charge >= 0.3 is 0 Å². The zero-order valence-corrected chi connectivity index (χ0v) is 13.1. The standard InChI is InChI=1S/C19H16ClNO2/c20-17-11-4-3-9-16(17)19(23)21-12-18(22)15-10-5-7-13-6-1-2-8-14(13)15/h1-11,18,22H,12H2,(H,21,23)/t18-/m1/s1. The number of carbonyl (C=O) groups excluding carboxylic acids is 1. The van der Waals surface area contributed by atoms with E-state index in [-0.39, 0.29) is 12.5 Å². The summed E-state index contributed by atoms with van der Waals surface area (Å²) in [4.78, 5) is 12.2. The molecule has 0 spiro atoms. The van der Waals surface area contributed by atoms with Crippen molar-refractivity contribution in [2.45, 2.75) is 6.10 Å². The predicted molar refractivity (Wildman–Crippen MR) is 92.7 cm³/mol. The summed E-state index contributed by atoms with van der Waals surface area (Å²) in [6.45, 7) is 0.123. The third-order valence-corrected chi connectivity index (χ3v) is 4.09. The molecule has 0 aromatic heterocycles. The van der Waals surface area contributed by atoms with Crippen LogP contribution in [0.15, 0.2) is 66.7 Å². The minimum Gasteiger partial charge on any atom is -0.387 e. The molecule has 0 unspecified atom stereocenters. The number of rotatable bonds is 4. The molecule has 0 aliphatic rings. The quantitative estimate of drug-likeness (QED) is 0.763. The van der Waals surface area contributed by atoms with Crippen molar-refractivity contribution < 1.29 is 9.90 Å². The van der Waals surface area contributed by atoms with Crippen molar-refractivity contribution in [1.29, 1.82) is 0 Å². The molecule has 0 saturated heterocycles. The second-order valence-corrected chi connectivity index (χ2v) is 5.68. The maximum atomic E-state index is 12.2. The molecule has 3 aromatic rings. The van der Waals surface area contributed by atoms with Crippen LogP contribution >= 0.6 is 11.6 Å². The number of amides is 1. The second-order valence-electron chi connectivity index (χ2n) is 5.27. The molecule has 0 fully saturated rings. The van der Waals surface area contributed by atoms with Crippen LogP contribution in [0.4, 0.5) is 0 Å². The van der Waals surface area contributed by atoms with E-state index in [1.807, 2.05) is 42.5 Å². The molecule has 3 rings (SSSR count). The van der Waals surface area contributed by atoms with Gasteiger partial charge in [0.1, 0.15) is 0 Å². The third-order valence-electron chi connectivity index (χ3n) is 3.76. The molecule has 0 aliphatic heterocycles. The number of nitrogens with one attached hydrogen (secondary N) is 1. The van der Waals surface area contributed by atoms with Gasteiger partial charge in [-0.15, -0.1) is 0 Å². The number of hydrogen-bond donors (Lipinski definition) is 2. The lowest BCUT2D eigenvalue weighted by molar-refractivity contribution is 0.0917. The van der Waals surface area contributed by atoms with Crippen LogP contribution in [-0.2, 0) is 0 Å². The van der Waals surface area contributed by atoms with E-state index < -0.39 is 6.10 Å². The Kier molecular flexibility index (Phi) is 4.60. The Morgan fingerprint density at radius 2 is 1.70 bits per heavy atom. The highest BCUT2D eigenvalue weighted by Crippen LogP contribution is 2.24. The molecule has 116 valence electrons. The summed E-state index contributed by atoms with van der Waals surface area (Å²) >= 11 is 6.01. The Labute approximate surface area is 139 Å². The van der Waals surface area contributed by atoms with E-state index >= 15 is 0 Å². The van der Waals surface area contributed by atoms with Gasteiger partial charge in [0.25, 0.3) is 5.91 Å². The van der Waals surface area contributed by atoms with Crippen molar-refractivity contribution in [1.82, 2.24) is 5.32 Å². The van der Waals surface area contributed by atoms with Gasteiger partial charge in [-0.25, -0.2) is 0 Å². The zero-order chi connectivity index (χ0) is 16.2. The first-order valence-corrected chi connectivity index (χ1v) is 7.73. The summed E-state index contributed by atoms with van der Waals surface area (Å²) in [5.74, 6) is -0.296. The molecule has 0 radical (unpaired) electrons. The van der Waals surface area contributed by atoms with E-state index in [1.54, 1.807) is 24.3 Å². The fourth-order valence-corrected chi connectivity index (χ4v) is 2.80. The number of aliphatic hydroxyl groups is 1. The monoisotopic (exact) mass is 325 g/mol. The summed E-state index contributed by atoms with van der Waals surface area (Å²) in [7, 11) is 0.